The second-order valence-corrected chi connectivity index (χ2v) is 4.61. The van der Waals surface area contributed by atoms with Crippen molar-refractivity contribution in [1.29, 1.82) is 0 Å². The van der Waals surface area contributed by atoms with E-state index in [1.165, 1.54) is 42.5 Å². The van der Waals surface area contributed by atoms with Crippen LogP contribution in [0.25, 0.3) is 0 Å². The second-order valence-electron chi connectivity index (χ2n) is 3.79. The lowest BCUT2D eigenvalue weighted by Gasteiger charge is -2.09. The molecule has 2 aromatic rings. The van der Waals surface area contributed by atoms with Gasteiger partial charge in [-0.1, -0.05) is 23.2 Å². The molecule has 0 atom stereocenters. The molecule has 0 aliphatic carbocycles. The molecule has 0 bridgehead atoms. The van der Waals surface area contributed by atoms with Crippen LogP contribution in [-0.2, 0) is 4.79 Å². The first-order chi connectivity index (χ1) is 10.0. The van der Waals surface area contributed by atoms with E-state index in [1.807, 2.05) is 0 Å². The minimum atomic E-state index is -0.561. The van der Waals surface area contributed by atoms with Gasteiger partial charge in [0.2, 0.25) is 6.08 Å². The number of nitrogens with zero attached hydrogens (tertiary/aromatic N) is 2. The second kappa shape index (κ2) is 6.37. The number of non-ortho nitro benzene ring substituents is 1. The lowest BCUT2D eigenvalue weighted by molar-refractivity contribution is -0.384. The smallest absolute Gasteiger partial charge is 0.271 e. The molecule has 0 heterocycles. The summed E-state index contributed by atoms with van der Waals surface area (Å²) in [5, 5.41) is 10.9. The van der Waals surface area contributed by atoms with Gasteiger partial charge in [-0.15, -0.1) is 0 Å². The van der Waals surface area contributed by atoms with Crippen LogP contribution in [0, 0.1) is 10.1 Å². The maximum absolute atomic E-state index is 10.6. The van der Waals surface area contributed by atoms with Gasteiger partial charge in [0.25, 0.3) is 5.69 Å². The molecule has 6 nitrogen and oxygen atoms in total. The summed E-state index contributed by atoms with van der Waals surface area (Å²) in [7, 11) is 0. The maximum Gasteiger partial charge on any atom is 0.271 e. The molecule has 0 aliphatic heterocycles. The number of hydrogen-bond acceptors (Lipinski definition) is 5. The molecule has 2 rings (SSSR count). The van der Waals surface area contributed by atoms with Crippen molar-refractivity contribution in [1.82, 2.24) is 0 Å². The number of hydrogen-bond donors (Lipinski definition) is 0. The average Bonchev–Trinajstić information content (AvgIpc) is 2.43. The molecule has 0 N–H and O–H groups in total. The molecule has 0 fully saturated rings. The van der Waals surface area contributed by atoms with E-state index < -0.39 is 4.92 Å². The summed E-state index contributed by atoms with van der Waals surface area (Å²) in [5.74, 6) is 0.494. The highest BCUT2D eigenvalue weighted by atomic mass is 35.5. The lowest BCUT2D eigenvalue weighted by atomic mass is 10.3. The predicted octanol–water partition coefficient (Wildman–Crippen LogP) is 4.66. The molecular formula is C13H6Cl2N2O4. The van der Waals surface area contributed by atoms with Crippen LogP contribution in [0.3, 0.4) is 0 Å². The minimum absolute atomic E-state index is 0.0789. The number of ether oxygens (including phenoxy) is 1. The fourth-order valence-electron chi connectivity index (χ4n) is 1.50. The third-order valence-corrected chi connectivity index (χ3v) is 3.03. The van der Waals surface area contributed by atoms with Gasteiger partial charge in [0.15, 0.2) is 0 Å². The van der Waals surface area contributed by atoms with Crippen LogP contribution < -0.4 is 4.74 Å². The van der Waals surface area contributed by atoms with Gasteiger partial charge >= 0.3 is 0 Å². The Bertz CT molecular complexity index is 708. The van der Waals surface area contributed by atoms with Crippen LogP contribution in [-0.4, -0.2) is 11.0 Å². The molecular weight excluding hydrogens is 319 g/mol. The van der Waals surface area contributed by atoms with Crippen molar-refractivity contribution in [3.8, 4) is 11.5 Å². The number of benzene rings is 2. The average molecular weight is 325 g/mol. The largest absolute Gasteiger partial charge is 0.454 e. The summed E-state index contributed by atoms with van der Waals surface area (Å²) in [6, 6.07) is 8.23. The molecule has 0 saturated carbocycles. The number of isocyanates is 1. The van der Waals surface area contributed by atoms with E-state index in [0.29, 0.717) is 5.69 Å². The molecule has 0 aromatic heterocycles. The zero-order chi connectivity index (χ0) is 15.4. The van der Waals surface area contributed by atoms with Crippen molar-refractivity contribution in [3.05, 3.63) is 56.6 Å². The fraction of sp³-hybridized carbons (Fsp3) is 0. The molecule has 21 heavy (non-hydrogen) atoms. The van der Waals surface area contributed by atoms with E-state index in [9.17, 15) is 14.9 Å². The summed E-state index contributed by atoms with van der Waals surface area (Å²) < 4.78 is 5.48. The molecule has 8 heteroatoms. The third-order valence-electron chi connectivity index (χ3n) is 2.44. The standard InChI is InChI=1S/C13H6Cl2N2O4/c14-10-5-8(16-7-18)1-3-12(10)21-13-4-2-9(17(19)20)6-11(13)15/h1-6H. The Morgan fingerprint density at radius 2 is 1.71 bits per heavy atom. The zero-order valence-corrected chi connectivity index (χ0v) is 11.8. The normalized spacial score (nSPS) is 9.81. The number of halogens is 2. The van der Waals surface area contributed by atoms with Gasteiger partial charge < -0.3 is 4.74 Å². The fourth-order valence-corrected chi connectivity index (χ4v) is 1.93. The van der Waals surface area contributed by atoms with Gasteiger partial charge in [0.1, 0.15) is 11.5 Å². The van der Waals surface area contributed by atoms with Crippen LogP contribution in [0.4, 0.5) is 11.4 Å². The summed E-state index contributed by atoms with van der Waals surface area (Å²) in [6.45, 7) is 0. The summed E-state index contributed by atoms with van der Waals surface area (Å²) in [5.41, 5.74) is 0.186. The number of nitro groups is 1. The van der Waals surface area contributed by atoms with E-state index in [4.69, 9.17) is 27.9 Å². The molecule has 0 aliphatic rings. The van der Waals surface area contributed by atoms with E-state index in [0.717, 1.165) is 0 Å². The van der Waals surface area contributed by atoms with Crippen LogP contribution in [0.1, 0.15) is 0 Å². The number of carbonyl (C=O) groups excluding carboxylic acids is 1. The maximum atomic E-state index is 10.6. The highest BCUT2D eigenvalue weighted by Gasteiger charge is 2.12. The Hall–Kier alpha value is -2.40. The Balaban J connectivity index is 2.30. The molecule has 106 valence electrons. The summed E-state index contributed by atoms with van der Waals surface area (Å²) >= 11 is 11.9. The van der Waals surface area contributed by atoms with E-state index in [-0.39, 0.29) is 27.2 Å². The van der Waals surface area contributed by atoms with Gasteiger partial charge in [-0.25, -0.2) is 4.79 Å². The van der Waals surface area contributed by atoms with Crippen LogP contribution in [0.15, 0.2) is 41.4 Å². The first-order valence-corrected chi connectivity index (χ1v) is 6.26. The van der Waals surface area contributed by atoms with Crippen molar-refractivity contribution in [2.24, 2.45) is 4.99 Å². The molecule has 0 unspecified atom stereocenters. The molecule has 0 amide bonds. The number of nitro benzene ring substituents is 1. The van der Waals surface area contributed by atoms with Crippen molar-refractivity contribution in [2.75, 3.05) is 0 Å². The third kappa shape index (κ3) is 3.58. The molecule has 0 spiro atoms. The lowest BCUT2D eigenvalue weighted by Crippen LogP contribution is -1.90. The summed E-state index contributed by atoms with van der Waals surface area (Å²) in [6.07, 6.45) is 1.40. The van der Waals surface area contributed by atoms with Crippen molar-refractivity contribution in [2.45, 2.75) is 0 Å². The van der Waals surface area contributed by atoms with Crippen molar-refractivity contribution < 1.29 is 14.5 Å². The monoisotopic (exact) mass is 324 g/mol. The minimum Gasteiger partial charge on any atom is -0.454 e. The first-order valence-electron chi connectivity index (χ1n) is 5.50. The predicted molar refractivity (Wildman–Crippen MR) is 77.4 cm³/mol. The van der Waals surface area contributed by atoms with Gasteiger partial charge in [-0.05, 0) is 24.3 Å². The van der Waals surface area contributed by atoms with E-state index >= 15 is 0 Å². The molecule has 0 saturated heterocycles. The van der Waals surface area contributed by atoms with Gasteiger partial charge in [0.05, 0.1) is 20.7 Å². The van der Waals surface area contributed by atoms with E-state index in [2.05, 4.69) is 4.99 Å². The van der Waals surface area contributed by atoms with Gasteiger partial charge in [-0.3, -0.25) is 10.1 Å². The van der Waals surface area contributed by atoms with Crippen molar-refractivity contribution >= 4 is 40.7 Å². The Morgan fingerprint density at radius 3 is 2.24 bits per heavy atom. The Morgan fingerprint density at radius 1 is 1.10 bits per heavy atom. The number of rotatable bonds is 4. The van der Waals surface area contributed by atoms with E-state index in [1.54, 1.807) is 0 Å². The highest BCUT2D eigenvalue weighted by molar-refractivity contribution is 6.33. The molecule has 2 aromatic carbocycles. The molecule has 0 radical (unpaired) electrons. The Labute approximate surface area is 128 Å². The van der Waals surface area contributed by atoms with Crippen molar-refractivity contribution in [3.63, 3.8) is 0 Å². The summed E-state index contributed by atoms with van der Waals surface area (Å²) in [4.78, 5) is 23.6. The highest BCUT2D eigenvalue weighted by Crippen LogP contribution is 2.36. The van der Waals surface area contributed by atoms with Crippen LogP contribution >= 0.6 is 23.2 Å². The zero-order valence-electron chi connectivity index (χ0n) is 10.2. The SMILES string of the molecule is O=C=Nc1ccc(Oc2ccc([N+](=O)[O-])cc2Cl)c(Cl)c1. The van der Waals surface area contributed by atoms with Gasteiger partial charge in [0, 0.05) is 12.1 Å². The first kappa shape index (κ1) is 15.0. The van der Waals surface area contributed by atoms with Crippen LogP contribution in [0.5, 0.6) is 11.5 Å². The quantitative estimate of drug-likeness (QED) is 0.354. The Kier molecular flexibility index (Phi) is 4.55. The van der Waals surface area contributed by atoms with Gasteiger partial charge in [-0.2, -0.15) is 4.99 Å². The topological polar surface area (TPSA) is 81.8 Å². The van der Waals surface area contributed by atoms with Crippen LogP contribution in [0.2, 0.25) is 10.0 Å². The number of aliphatic imine (C=N–C) groups is 1.